The Bertz CT molecular complexity index is 731. The van der Waals surface area contributed by atoms with Gasteiger partial charge in [-0.05, 0) is 12.1 Å². The zero-order valence-corrected chi connectivity index (χ0v) is 11.5. The van der Waals surface area contributed by atoms with E-state index in [-0.39, 0.29) is 0 Å². The molecule has 1 saturated heterocycles. The first kappa shape index (κ1) is 12.1. The summed E-state index contributed by atoms with van der Waals surface area (Å²) in [7, 11) is 0. The molecular formula is C14H15N7. The number of fused-ring (bicyclic) bond motifs is 1. The van der Waals surface area contributed by atoms with Crippen molar-refractivity contribution in [1.82, 2.24) is 24.9 Å². The molecule has 1 fully saturated rings. The van der Waals surface area contributed by atoms with Gasteiger partial charge in [0.15, 0.2) is 11.5 Å². The maximum atomic E-state index is 4.41. The molecule has 3 aromatic heterocycles. The van der Waals surface area contributed by atoms with E-state index in [1.165, 1.54) is 0 Å². The third-order valence-electron chi connectivity index (χ3n) is 3.76. The Hall–Kier alpha value is -2.70. The fourth-order valence-electron chi connectivity index (χ4n) is 2.68. The van der Waals surface area contributed by atoms with Gasteiger partial charge < -0.3 is 14.8 Å². The van der Waals surface area contributed by atoms with E-state index in [2.05, 4.69) is 34.7 Å². The highest BCUT2D eigenvalue weighted by molar-refractivity contribution is 5.82. The number of anilines is 2. The molecule has 21 heavy (non-hydrogen) atoms. The lowest BCUT2D eigenvalue weighted by Crippen LogP contribution is -2.47. The molecule has 1 aliphatic heterocycles. The Labute approximate surface area is 121 Å². The minimum Gasteiger partial charge on any atom is -0.353 e. The second kappa shape index (κ2) is 5.01. The first-order chi connectivity index (χ1) is 10.4. The minimum atomic E-state index is 0.715. The minimum absolute atomic E-state index is 0.715. The second-order valence-corrected chi connectivity index (χ2v) is 4.96. The normalized spacial score (nSPS) is 15.6. The smallest absolute Gasteiger partial charge is 0.182 e. The first-order valence-electron chi connectivity index (χ1n) is 6.97. The van der Waals surface area contributed by atoms with E-state index in [1.807, 2.05) is 24.4 Å². The zero-order valence-electron chi connectivity index (χ0n) is 11.5. The number of nitrogens with zero attached hydrogens (tertiary/aromatic N) is 6. The van der Waals surface area contributed by atoms with E-state index in [0.29, 0.717) is 5.65 Å². The molecule has 1 aliphatic rings. The summed E-state index contributed by atoms with van der Waals surface area (Å²) in [5, 5.41) is 0. The highest BCUT2D eigenvalue weighted by atomic mass is 15.3. The van der Waals surface area contributed by atoms with Crippen molar-refractivity contribution in [2.24, 2.45) is 0 Å². The van der Waals surface area contributed by atoms with Gasteiger partial charge in [0.2, 0.25) is 0 Å². The van der Waals surface area contributed by atoms with Gasteiger partial charge in [0.25, 0.3) is 0 Å². The zero-order chi connectivity index (χ0) is 14.1. The number of aromatic amines is 1. The maximum absolute atomic E-state index is 4.41. The molecule has 4 heterocycles. The topological polar surface area (TPSA) is 73.8 Å². The van der Waals surface area contributed by atoms with Gasteiger partial charge in [0.1, 0.15) is 17.7 Å². The highest BCUT2D eigenvalue weighted by Crippen LogP contribution is 2.22. The molecule has 0 bridgehead atoms. The van der Waals surface area contributed by atoms with Crippen LogP contribution in [-0.2, 0) is 0 Å². The van der Waals surface area contributed by atoms with Crippen LogP contribution in [0.5, 0.6) is 0 Å². The van der Waals surface area contributed by atoms with Crippen molar-refractivity contribution in [3.05, 3.63) is 37.1 Å². The standard InChI is InChI=1S/C14H15N7/c1-2-4-15-11(3-1)20-5-7-21(8-6-20)14-12-13(17-9-16-12)18-10-19-14/h1-4,9-10H,5-8H2,(H,16,17,18,19). The van der Waals surface area contributed by atoms with Crippen LogP contribution < -0.4 is 9.80 Å². The lowest BCUT2D eigenvalue weighted by atomic mass is 10.3. The molecule has 4 rings (SSSR count). The van der Waals surface area contributed by atoms with Crippen molar-refractivity contribution in [3.63, 3.8) is 0 Å². The van der Waals surface area contributed by atoms with Crippen LogP contribution in [0.3, 0.4) is 0 Å². The van der Waals surface area contributed by atoms with Crippen molar-refractivity contribution < 1.29 is 0 Å². The van der Waals surface area contributed by atoms with Crippen LogP contribution in [-0.4, -0.2) is 51.1 Å². The molecule has 7 nitrogen and oxygen atoms in total. The molecule has 3 aromatic rings. The van der Waals surface area contributed by atoms with Crippen LogP contribution in [0.15, 0.2) is 37.1 Å². The first-order valence-corrected chi connectivity index (χ1v) is 6.97. The van der Waals surface area contributed by atoms with Crippen molar-refractivity contribution in [3.8, 4) is 0 Å². The Morgan fingerprint density at radius 2 is 1.76 bits per heavy atom. The number of H-pyrrole nitrogens is 1. The van der Waals surface area contributed by atoms with Crippen molar-refractivity contribution in [2.75, 3.05) is 36.0 Å². The van der Waals surface area contributed by atoms with E-state index in [1.54, 1.807) is 12.7 Å². The van der Waals surface area contributed by atoms with Crippen molar-refractivity contribution >= 4 is 22.8 Å². The van der Waals surface area contributed by atoms with Gasteiger partial charge >= 0.3 is 0 Å². The summed E-state index contributed by atoms with van der Waals surface area (Å²) in [6.07, 6.45) is 5.07. The summed E-state index contributed by atoms with van der Waals surface area (Å²) in [6.45, 7) is 3.66. The molecule has 106 valence electrons. The van der Waals surface area contributed by atoms with Gasteiger partial charge in [-0.2, -0.15) is 0 Å². The van der Waals surface area contributed by atoms with Gasteiger partial charge in [0.05, 0.1) is 6.33 Å². The van der Waals surface area contributed by atoms with Crippen LogP contribution in [0, 0.1) is 0 Å². The highest BCUT2D eigenvalue weighted by Gasteiger charge is 2.21. The Morgan fingerprint density at radius 1 is 0.905 bits per heavy atom. The lowest BCUT2D eigenvalue weighted by molar-refractivity contribution is 0.642. The molecule has 0 unspecified atom stereocenters. The van der Waals surface area contributed by atoms with Crippen LogP contribution in [0.1, 0.15) is 0 Å². The van der Waals surface area contributed by atoms with E-state index >= 15 is 0 Å². The number of nitrogens with one attached hydrogen (secondary N) is 1. The summed E-state index contributed by atoms with van der Waals surface area (Å²) in [4.78, 5) is 24.8. The Morgan fingerprint density at radius 3 is 2.57 bits per heavy atom. The number of hydrogen-bond acceptors (Lipinski definition) is 6. The quantitative estimate of drug-likeness (QED) is 0.757. The third kappa shape index (κ3) is 2.16. The largest absolute Gasteiger partial charge is 0.353 e. The molecule has 0 atom stereocenters. The fraction of sp³-hybridized carbons (Fsp3) is 0.286. The van der Waals surface area contributed by atoms with E-state index in [4.69, 9.17) is 0 Å². The number of piperazine rings is 1. The number of imidazole rings is 1. The predicted molar refractivity (Wildman–Crippen MR) is 80.3 cm³/mol. The molecule has 0 spiro atoms. The predicted octanol–water partition coefficient (Wildman–Crippen LogP) is 1.07. The number of pyridine rings is 1. The van der Waals surface area contributed by atoms with Gasteiger partial charge in [-0.1, -0.05) is 6.07 Å². The van der Waals surface area contributed by atoms with Crippen molar-refractivity contribution in [1.29, 1.82) is 0 Å². The van der Waals surface area contributed by atoms with Gasteiger partial charge in [-0.3, -0.25) is 0 Å². The summed E-state index contributed by atoms with van der Waals surface area (Å²) in [5.41, 5.74) is 1.62. The van der Waals surface area contributed by atoms with Crippen LogP contribution >= 0.6 is 0 Å². The van der Waals surface area contributed by atoms with Crippen LogP contribution in [0.25, 0.3) is 11.2 Å². The average molecular weight is 281 g/mol. The van der Waals surface area contributed by atoms with E-state index in [0.717, 1.165) is 43.3 Å². The van der Waals surface area contributed by atoms with E-state index < -0.39 is 0 Å². The van der Waals surface area contributed by atoms with Gasteiger partial charge in [-0.15, -0.1) is 0 Å². The third-order valence-corrected chi connectivity index (χ3v) is 3.76. The number of aromatic nitrogens is 5. The van der Waals surface area contributed by atoms with Gasteiger partial charge in [-0.25, -0.2) is 19.9 Å². The summed E-state index contributed by atoms with van der Waals surface area (Å²) >= 11 is 0. The van der Waals surface area contributed by atoms with Crippen LogP contribution in [0.4, 0.5) is 11.6 Å². The SMILES string of the molecule is c1ccc(N2CCN(c3ncnc4nc[nH]c34)CC2)nc1. The van der Waals surface area contributed by atoms with Crippen LogP contribution in [0.2, 0.25) is 0 Å². The number of rotatable bonds is 2. The molecule has 0 aliphatic carbocycles. The lowest BCUT2D eigenvalue weighted by Gasteiger charge is -2.36. The summed E-state index contributed by atoms with van der Waals surface area (Å²) in [5.74, 6) is 1.96. The fourth-order valence-corrected chi connectivity index (χ4v) is 2.68. The molecule has 1 N–H and O–H groups in total. The summed E-state index contributed by atoms with van der Waals surface area (Å²) in [6, 6.07) is 6.01. The Kier molecular flexibility index (Phi) is 2.88. The molecule has 0 radical (unpaired) electrons. The maximum Gasteiger partial charge on any atom is 0.182 e. The van der Waals surface area contributed by atoms with Gasteiger partial charge in [0, 0.05) is 32.4 Å². The number of hydrogen-bond donors (Lipinski definition) is 1. The van der Waals surface area contributed by atoms with E-state index in [9.17, 15) is 0 Å². The Balaban J connectivity index is 1.54. The monoisotopic (exact) mass is 281 g/mol. The molecule has 0 saturated carbocycles. The van der Waals surface area contributed by atoms with Crippen molar-refractivity contribution in [2.45, 2.75) is 0 Å². The summed E-state index contributed by atoms with van der Waals surface area (Å²) < 4.78 is 0. The molecule has 0 aromatic carbocycles. The molecular weight excluding hydrogens is 266 g/mol. The molecule has 7 heteroatoms. The average Bonchev–Trinajstić information content (AvgIpc) is 3.04. The molecule has 0 amide bonds. The second-order valence-electron chi connectivity index (χ2n) is 4.96.